The minimum Gasteiger partial charge on any atom is -0.497 e. The van der Waals surface area contributed by atoms with E-state index in [0.29, 0.717) is 17.2 Å². The highest BCUT2D eigenvalue weighted by Crippen LogP contribution is 2.52. The average molecular weight is 533 g/mol. The van der Waals surface area contributed by atoms with Gasteiger partial charge in [0.25, 0.3) is 0 Å². The second-order valence-corrected chi connectivity index (χ2v) is 11.2. The number of anilines is 2. The van der Waals surface area contributed by atoms with Gasteiger partial charge in [-0.3, -0.25) is 4.79 Å². The van der Waals surface area contributed by atoms with Crippen molar-refractivity contribution in [2.45, 2.75) is 57.6 Å². The molecule has 40 heavy (non-hydrogen) atoms. The molecule has 3 aromatic rings. The van der Waals surface area contributed by atoms with Gasteiger partial charge in [0.1, 0.15) is 11.9 Å². The van der Waals surface area contributed by atoms with Crippen LogP contribution in [0.5, 0.6) is 5.75 Å². The summed E-state index contributed by atoms with van der Waals surface area (Å²) in [5.41, 5.74) is 6.53. The number of oxime groups is 1. The van der Waals surface area contributed by atoms with Crippen LogP contribution in [-0.4, -0.2) is 30.8 Å². The number of ether oxygens (including phenoxy) is 1. The lowest BCUT2D eigenvalue weighted by Gasteiger charge is -2.29. The molecular weight excluding hydrogens is 496 g/mol. The third kappa shape index (κ3) is 4.85. The monoisotopic (exact) mass is 532 g/mol. The number of methoxy groups -OCH3 is 1. The molecule has 5 heteroatoms. The maximum Gasteiger partial charge on any atom is 0.215 e. The van der Waals surface area contributed by atoms with E-state index < -0.39 is 0 Å². The Morgan fingerprint density at radius 1 is 1.05 bits per heavy atom. The summed E-state index contributed by atoms with van der Waals surface area (Å²) < 4.78 is 5.59. The third-order valence-corrected chi connectivity index (χ3v) is 8.28. The van der Waals surface area contributed by atoms with Crippen LogP contribution in [0.2, 0.25) is 0 Å². The number of carbonyl (C=O) groups is 1. The fraction of sp³-hybridized carbons (Fsp3) is 0.314. The lowest BCUT2D eigenvalue weighted by Crippen LogP contribution is -2.30. The van der Waals surface area contributed by atoms with Crippen LogP contribution < -0.4 is 9.64 Å². The quantitative estimate of drug-likeness (QED) is 0.209. The van der Waals surface area contributed by atoms with E-state index in [-0.39, 0.29) is 23.8 Å². The van der Waals surface area contributed by atoms with E-state index in [2.05, 4.69) is 65.5 Å². The molecule has 4 atom stereocenters. The van der Waals surface area contributed by atoms with Gasteiger partial charge in [-0.05, 0) is 73.6 Å². The van der Waals surface area contributed by atoms with E-state index in [1.54, 1.807) is 7.11 Å². The summed E-state index contributed by atoms with van der Waals surface area (Å²) in [6.45, 7) is 6.08. The molecule has 5 nitrogen and oxygen atoms in total. The van der Waals surface area contributed by atoms with Gasteiger partial charge in [0.2, 0.25) is 5.78 Å². The zero-order valence-corrected chi connectivity index (χ0v) is 23.6. The van der Waals surface area contributed by atoms with Crippen molar-refractivity contribution in [1.29, 1.82) is 0 Å². The Hall–Kier alpha value is -4.12. The molecule has 0 saturated heterocycles. The molecule has 0 aromatic heterocycles. The predicted octanol–water partition coefficient (Wildman–Crippen LogP) is 7.71. The van der Waals surface area contributed by atoms with E-state index in [9.17, 15) is 4.79 Å². The second kappa shape index (κ2) is 10.8. The summed E-state index contributed by atoms with van der Waals surface area (Å²) in [6.07, 6.45) is 8.59. The number of allylic oxidation sites excluding steroid dienone is 2. The first-order valence-corrected chi connectivity index (χ1v) is 14.3. The van der Waals surface area contributed by atoms with Crippen LogP contribution in [0, 0.1) is 5.92 Å². The van der Waals surface area contributed by atoms with Crippen LogP contribution in [0.15, 0.2) is 102 Å². The standard InChI is InChI=1S/C35H36N2O3/c1-5-23-19-29(23)24-11-14-27(15-12-24)37-32-17-13-26(20-30(32)31-21-28(39-4)16-18-33(31)37)35(38)34(36-40-22(2)3)25-9-7-6-8-10-25/h6-18,20-23,29-30,32H,5,19H2,1-4H3/b36-34+. The highest BCUT2D eigenvalue weighted by molar-refractivity contribution is 6.51. The zero-order valence-electron chi connectivity index (χ0n) is 23.6. The number of fused-ring (bicyclic) bond motifs is 3. The topological polar surface area (TPSA) is 51.1 Å². The van der Waals surface area contributed by atoms with E-state index in [1.807, 2.05) is 56.3 Å². The molecule has 0 spiro atoms. The molecule has 0 amide bonds. The van der Waals surface area contributed by atoms with E-state index in [4.69, 9.17) is 9.57 Å². The normalized spacial score (nSPS) is 23.0. The van der Waals surface area contributed by atoms with Crippen molar-refractivity contribution < 1.29 is 14.4 Å². The first-order valence-electron chi connectivity index (χ1n) is 14.3. The third-order valence-electron chi connectivity index (χ3n) is 8.28. The number of hydrogen-bond donors (Lipinski definition) is 0. The second-order valence-electron chi connectivity index (χ2n) is 11.2. The van der Waals surface area contributed by atoms with Gasteiger partial charge in [-0.25, -0.2) is 0 Å². The average Bonchev–Trinajstić information content (AvgIpc) is 3.71. The Bertz CT molecular complexity index is 1490. The predicted molar refractivity (Wildman–Crippen MR) is 161 cm³/mol. The molecule has 0 N–H and O–H groups in total. The Labute approximate surface area is 236 Å². The number of hydrogen-bond acceptors (Lipinski definition) is 5. The molecule has 3 aromatic carbocycles. The number of carbonyl (C=O) groups excluding carboxylic acids is 1. The fourth-order valence-corrected chi connectivity index (χ4v) is 6.06. The molecule has 1 saturated carbocycles. The molecule has 1 fully saturated rings. The van der Waals surface area contributed by atoms with Crippen LogP contribution in [0.25, 0.3) is 0 Å². The number of rotatable bonds is 9. The number of ketones is 1. The SMILES string of the molecule is CCC1CC1c1ccc(N2c3ccc(OC)cc3C3C=C(C(=O)/C(=N/OC(C)C)c4ccccc4)C=CC32)cc1. The number of nitrogens with zero attached hydrogens (tertiary/aromatic N) is 2. The van der Waals surface area contributed by atoms with Crippen LogP contribution in [-0.2, 0) is 9.63 Å². The van der Waals surface area contributed by atoms with Gasteiger partial charge >= 0.3 is 0 Å². The molecule has 204 valence electrons. The smallest absolute Gasteiger partial charge is 0.215 e. The van der Waals surface area contributed by atoms with Crippen LogP contribution >= 0.6 is 0 Å². The highest BCUT2D eigenvalue weighted by Gasteiger charge is 2.40. The van der Waals surface area contributed by atoms with Crippen molar-refractivity contribution in [3.8, 4) is 5.75 Å². The van der Waals surface area contributed by atoms with Gasteiger partial charge in [0, 0.05) is 28.4 Å². The molecule has 2 aliphatic carbocycles. The molecule has 6 rings (SSSR count). The summed E-state index contributed by atoms with van der Waals surface area (Å²) in [7, 11) is 1.69. The Morgan fingerprint density at radius 2 is 1.82 bits per heavy atom. The Balaban J connectivity index is 1.35. The van der Waals surface area contributed by atoms with E-state index in [1.165, 1.54) is 18.4 Å². The minimum absolute atomic E-state index is 0.00956. The van der Waals surface area contributed by atoms with E-state index >= 15 is 0 Å². The van der Waals surface area contributed by atoms with Crippen molar-refractivity contribution in [3.63, 3.8) is 0 Å². The van der Waals surface area contributed by atoms with Gasteiger partial charge in [-0.15, -0.1) is 0 Å². The van der Waals surface area contributed by atoms with Crippen molar-refractivity contribution >= 4 is 22.9 Å². The van der Waals surface area contributed by atoms with Gasteiger partial charge in [0.15, 0.2) is 5.71 Å². The lowest BCUT2D eigenvalue weighted by molar-refractivity contribution is -0.109. The molecule has 1 heterocycles. The van der Waals surface area contributed by atoms with Crippen molar-refractivity contribution in [2.24, 2.45) is 11.1 Å². The van der Waals surface area contributed by atoms with Gasteiger partial charge in [-0.1, -0.05) is 79.2 Å². The molecule has 3 aliphatic rings. The van der Waals surface area contributed by atoms with Crippen molar-refractivity contribution in [2.75, 3.05) is 12.0 Å². The maximum absolute atomic E-state index is 13.9. The van der Waals surface area contributed by atoms with Gasteiger partial charge in [0.05, 0.1) is 13.2 Å². The largest absolute Gasteiger partial charge is 0.497 e. The van der Waals surface area contributed by atoms with Crippen molar-refractivity contribution in [3.05, 3.63) is 113 Å². The number of Topliss-reactive ketones (excluding diaryl/α,β-unsaturated/α-hetero) is 1. The summed E-state index contributed by atoms with van der Waals surface area (Å²) in [4.78, 5) is 21.8. The maximum atomic E-state index is 13.9. The molecule has 1 aliphatic heterocycles. The molecule has 4 unspecified atom stereocenters. The first-order chi connectivity index (χ1) is 19.5. The molecular formula is C35H36N2O3. The Kier molecular flexibility index (Phi) is 7.05. The summed E-state index contributed by atoms with van der Waals surface area (Å²) in [5.74, 6) is 2.18. The highest BCUT2D eigenvalue weighted by atomic mass is 16.6. The summed E-state index contributed by atoms with van der Waals surface area (Å²) in [6, 6.07) is 24.9. The minimum atomic E-state index is -0.149. The van der Waals surface area contributed by atoms with E-state index in [0.717, 1.165) is 34.2 Å². The summed E-state index contributed by atoms with van der Waals surface area (Å²) >= 11 is 0. The van der Waals surface area contributed by atoms with Gasteiger partial charge in [-0.2, -0.15) is 0 Å². The van der Waals surface area contributed by atoms with Gasteiger partial charge < -0.3 is 14.5 Å². The van der Waals surface area contributed by atoms with Crippen LogP contribution in [0.3, 0.4) is 0 Å². The fourth-order valence-electron chi connectivity index (χ4n) is 6.06. The van der Waals surface area contributed by atoms with Crippen LogP contribution in [0.4, 0.5) is 11.4 Å². The molecule has 0 radical (unpaired) electrons. The van der Waals surface area contributed by atoms with Crippen LogP contribution in [0.1, 0.15) is 62.1 Å². The Morgan fingerprint density at radius 3 is 2.50 bits per heavy atom. The molecule has 0 bridgehead atoms. The summed E-state index contributed by atoms with van der Waals surface area (Å²) in [5, 5.41) is 4.29. The van der Waals surface area contributed by atoms with Crippen molar-refractivity contribution in [1.82, 2.24) is 0 Å². The zero-order chi connectivity index (χ0) is 27.8. The first kappa shape index (κ1) is 26.1. The lowest BCUT2D eigenvalue weighted by atomic mass is 9.86. The number of benzene rings is 3.